The minimum atomic E-state index is -0.799. The molecule has 0 spiro atoms. The maximum atomic E-state index is 13.4. The maximum absolute atomic E-state index is 13.4. The van der Waals surface area contributed by atoms with Gasteiger partial charge in [-0.2, -0.15) is 0 Å². The second-order valence-electron chi connectivity index (χ2n) is 6.96. The predicted molar refractivity (Wildman–Crippen MR) is 105 cm³/mol. The van der Waals surface area contributed by atoms with Crippen LogP contribution >= 0.6 is 11.6 Å². The molecule has 2 heterocycles. The van der Waals surface area contributed by atoms with Crippen molar-refractivity contribution in [2.45, 2.75) is 25.4 Å². The number of likely N-dealkylation sites (tertiary alicyclic amines) is 1. The lowest BCUT2D eigenvalue weighted by Gasteiger charge is -2.33. The van der Waals surface area contributed by atoms with Crippen LogP contribution in [0.4, 0.5) is 14.5 Å². The smallest absolute Gasteiger partial charge is 0.159 e. The molecule has 1 aliphatic heterocycles. The minimum Gasteiger partial charge on any atom is -0.382 e. The summed E-state index contributed by atoms with van der Waals surface area (Å²) in [6.07, 6.45) is 3.77. The van der Waals surface area contributed by atoms with Gasteiger partial charge in [-0.1, -0.05) is 17.7 Å². The molecule has 1 saturated heterocycles. The monoisotopic (exact) mass is 387 g/mol. The van der Waals surface area contributed by atoms with Gasteiger partial charge in [-0.3, -0.25) is 9.88 Å². The molecule has 0 radical (unpaired) electrons. The van der Waals surface area contributed by atoms with Gasteiger partial charge in [-0.05, 0) is 54.8 Å². The molecule has 140 valence electrons. The summed E-state index contributed by atoms with van der Waals surface area (Å²) in [6.45, 7) is 2.46. The van der Waals surface area contributed by atoms with Crippen molar-refractivity contribution in [1.82, 2.24) is 9.88 Å². The number of nitrogens with one attached hydrogen (secondary N) is 1. The summed E-state index contributed by atoms with van der Waals surface area (Å²) >= 11 is 6.05. The highest BCUT2D eigenvalue weighted by Gasteiger charge is 2.20. The van der Waals surface area contributed by atoms with Gasteiger partial charge in [-0.15, -0.1) is 0 Å². The zero-order chi connectivity index (χ0) is 18.8. The van der Waals surface area contributed by atoms with E-state index in [9.17, 15) is 8.78 Å². The second-order valence-corrected chi connectivity index (χ2v) is 7.40. The quantitative estimate of drug-likeness (QED) is 0.663. The summed E-state index contributed by atoms with van der Waals surface area (Å²) in [4.78, 5) is 6.65. The normalized spacial score (nSPS) is 16.0. The first-order chi connectivity index (χ1) is 13.1. The average Bonchev–Trinajstić information content (AvgIpc) is 2.66. The largest absolute Gasteiger partial charge is 0.382 e. The van der Waals surface area contributed by atoms with E-state index < -0.39 is 11.6 Å². The molecule has 3 nitrogen and oxygen atoms in total. The first-order valence-electron chi connectivity index (χ1n) is 9.05. The Kier molecular flexibility index (Phi) is 5.23. The van der Waals surface area contributed by atoms with Gasteiger partial charge >= 0.3 is 0 Å². The summed E-state index contributed by atoms with van der Waals surface area (Å²) in [6, 6.07) is 12.2. The van der Waals surface area contributed by atoms with E-state index in [2.05, 4.69) is 15.2 Å². The Morgan fingerprint density at radius 1 is 1.04 bits per heavy atom. The van der Waals surface area contributed by atoms with Crippen LogP contribution < -0.4 is 5.32 Å². The molecular weight excluding hydrogens is 368 g/mol. The molecule has 27 heavy (non-hydrogen) atoms. The first kappa shape index (κ1) is 18.1. The zero-order valence-electron chi connectivity index (χ0n) is 14.8. The van der Waals surface area contributed by atoms with Crippen LogP contribution in [0.5, 0.6) is 0 Å². The minimum absolute atomic E-state index is 0.368. The van der Waals surface area contributed by atoms with E-state index in [-0.39, 0.29) is 0 Å². The van der Waals surface area contributed by atoms with E-state index in [4.69, 9.17) is 11.6 Å². The van der Waals surface area contributed by atoms with Crippen LogP contribution in [0.1, 0.15) is 18.4 Å². The highest BCUT2D eigenvalue weighted by atomic mass is 35.5. The summed E-state index contributed by atoms with van der Waals surface area (Å²) in [5, 5.41) is 5.36. The Morgan fingerprint density at radius 2 is 1.85 bits per heavy atom. The van der Waals surface area contributed by atoms with Gasteiger partial charge in [0.05, 0.1) is 5.52 Å². The molecule has 0 atom stereocenters. The zero-order valence-corrected chi connectivity index (χ0v) is 15.5. The summed E-state index contributed by atoms with van der Waals surface area (Å²) in [5.41, 5.74) is 2.75. The van der Waals surface area contributed by atoms with E-state index in [0.717, 1.165) is 48.1 Å². The molecule has 0 aliphatic carbocycles. The summed E-state index contributed by atoms with van der Waals surface area (Å²) in [5.74, 6) is -1.58. The van der Waals surface area contributed by atoms with Crippen molar-refractivity contribution in [3.8, 4) is 0 Å². The molecule has 3 aromatic rings. The van der Waals surface area contributed by atoms with Gasteiger partial charge in [0.2, 0.25) is 0 Å². The lowest BCUT2D eigenvalue weighted by molar-refractivity contribution is 0.211. The van der Waals surface area contributed by atoms with Gasteiger partial charge in [0.1, 0.15) is 0 Å². The molecule has 6 heteroatoms. The number of piperidine rings is 1. The Hall–Kier alpha value is -2.24. The van der Waals surface area contributed by atoms with E-state index in [1.54, 1.807) is 12.3 Å². The van der Waals surface area contributed by atoms with Crippen molar-refractivity contribution < 1.29 is 8.78 Å². The number of rotatable bonds is 4. The molecular formula is C21H20ClF2N3. The predicted octanol–water partition coefficient (Wildman–Crippen LogP) is 5.24. The highest BCUT2D eigenvalue weighted by molar-refractivity contribution is 6.31. The van der Waals surface area contributed by atoms with Crippen molar-refractivity contribution in [3.05, 3.63) is 70.9 Å². The Bertz CT molecular complexity index is 955. The third-order valence-corrected chi connectivity index (χ3v) is 5.28. The SMILES string of the molecule is Fc1ccc(CN2CCC(Nc3ccnc4cc(Cl)ccc34)CC2)cc1F. The lowest BCUT2D eigenvalue weighted by atomic mass is 10.0. The number of hydrogen-bond acceptors (Lipinski definition) is 3. The lowest BCUT2D eigenvalue weighted by Crippen LogP contribution is -2.38. The number of halogens is 3. The maximum Gasteiger partial charge on any atom is 0.159 e. The van der Waals surface area contributed by atoms with E-state index in [0.29, 0.717) is 17.6 Å². The average molecular weight is 388 g/mol. The third kappa shape index (κ3) is 4.20. The van der Waals surface area contributed by atoms with E-state index in [1.165, 1.54) is 12.1 Å². The summed E-state index contributed by atoms with van der Waals surface area (Å²) < 4.78 is 26.4. The third-order valence-electron chi connectivity index (χ3n) is 5.04. The van der Waals surface area contributed by atoms with Crippen LogP contribution in [0, 0.1) is 11.6 Å². The van der Waals surface area contributed by atoms with Crippen LogP contribution in [-0.4, -0.2) is 29.0 Å². The van der Waals surface area contributed by atoms with Crippen molar-refractivity contribution in [2.24, 2.45) is 0 Å². The van der Waals surface area contributed by atoms with Gasteiger partial charge in [0, 0.05) is 48.0 Å². The number of benzene rings is 2. The molecule has 2 aromatic carbocycles. The highest BCUT2D eigenvalue weighted by Crippen LogP contribution is 2.26. The van der Waals surface area contributed by atoms with Crippen LogP contribution in [-0.2, 0) is 6.54 Å². The standard InChI is InChI=1S/C21H20ClF2N3/c22-15-2-3-17-20(5-8-25-21(17)12-15)26-16-6-9-27(10-7-16)13-14-1-4-18(23)19(24)11-14/h1-5,8,11-12,16H,6-7,9-10,13H2,(H,25,26). The fraction of sp³-hybridized carbons (Fsp3) is 0.286. The van der Waals surface area contributed by atoms with Crippen LogP contribution in [0.15, 0.2) is 48.7 Å². The van der Waals surface area contributed by atoms with Crippen molar-refractivity contribution in [1.29, 1.82) is 0 Å². The molecule has 1 N–H and O–H groups in total. The van der Waals surface area contributed by atoms with Gasteiger partial charge in [0.15, 0.2) is 11.6 Å². The number of hydrogen-bond donors (Lipinski definition) is 1. The molecule has 1 aliphatic rings. The van der Waals surface area contributed by atoms with Gasteiger partial charge in [0.25, 0.3) is 0 Å². The van der Waals surface area contributed by atoms with Gasteiger partial charge < -0.3 is 5.32 Å². The van der Waals surface area contributed by atoms with Crippen molar-refractivity contribution in [2.75, 3.05) is 18.4 Å². The number of aromatic nitrogens is 1. The number of fused-ring (bicyclic) bond motifs is 1. The number of nitrogens with zero attached hydrogens (tertiary/aromatic N) is 2. The molecule has 0 saturated carbocycles. The molecule has 1 fully saturated rings. The van der Waals surface area contributed by atoms with Crippen molar-refractivity contribution >= 4 is 28.2 Å². The molecule has 4 rings (SSSR count). The Labute approximate surface area is 162 Å². The Morgan fingerprint density at radius 3 is 2.63 bits per heavy atom. The van der Waals surface area contributed by atoms with Gasteiger partial charge in [-0.25, -0.2) is 8.78 Å². The summed E-state index contributed by atoms with van der Waals surface area (Å²) in [7, 11) is 0. The van der Waals surface area contributed by atoms with Crippen LogP contribution in [0.2, 0.25) is 5.02 Å². The van der Waals surface area contributed by atoms with Crippen LogP contribution in [0.25, 0.3) is 10.9 Å². The Balaban J connectivity index is 1.38. The van der Waals surface area contributed by atoms with Crippen LogP contribution in [0.3, 0.4) is 0 Å². The molecule has 0 unspecified atom stereocenters. The second kappa shape index (κ2) is 7.79. The molecule has 0 bridgehead atoms. The molecule has 0 amide bonds. The first-order valence-corrected chi connectivity index (χ1v) is 9.43. The topological polar surface area (TPSA) is 28.2 Å². The number of pyridine rings is 1. The van der Waals surface area contributed by atoms with Crippen molar-refractivity contribution in [3.63, 3.8) is 0 Å². The fourth-order valence-corrected chi connectivity index (χ4v) is 3.76. The fourth-order valence-electron chi connectivity index (χ4n) is 3.60. The van der Waals surface area contributed by atoms with E-state index in [1.807, 2.05) is 24.3 Å². The van der Waals surface area contributed by atoms with E-state index >= 15 is 0 Å². The number of anilines is 1. The molecule has 1 aromatic heterocycles.